The molecule has 4 aromatic rings. The van der Waals surface area contributed by atoms with Crippen LogP contribution in [0.4, 0.5) is 0 Å². The molecule has 0 spiro atoms. The molecular formula is C18H16N4O. The SMILES string of the molecule is Cn1ccc2ccc(C(=O)NCc3nc4ccccc4[nH]3)cc21. The Morgan fingerprint density at radius 2 is 2.09 bits per heavy atom. The maximum Gasteiger partial charge on any atom is 0.251 e. The van der Waals surface area contributed by atoms with Crippen molar-refractivity contribution in [1.29, 1.82) is 0 Å². The molecule has 114 valence electrons. The Morgan fingerprint density at radius 1 is 1.22 bits per heavy atom. The first-order valence-corrected chi connectivity index (χ1v) is 7.47. The van der Waals surface area contributed by atoms with Crippen molar-refractivity contribution in [2.24, 2.45) is 7.05 Å². The molecule has 0 fully saturated rings. The summed E-state index contributed by atoms with van der Waals surface area (Å²) in [5.41, 5.74) is 3.57. The van der Waals surface area contributed by atoms with Crippen LogP contribution in [-0.2, 0) is 13.6 Å². The number of amides is 1. The second kappa shape index (κ2) is 5.28. The molecule has 23 heavy (non-hydrogen) atoms. The summed E-state index contributed by atoms with van der Waals surface area (Å²) in [6.45, 7) is 0.374. The zero-order valence-electron chi connectivity index (χ0n) is 12.7. The van der Waals surface area contributed by atoms with E-state index in [1.807, 2.05) is 66.3 Å². The van der Waals surface area contributed by atoms with Gasteiger partial charge in [0.25, 0.3) is 5.91 Å². The van der Waals surface area contributed by atoms with Crippen LogP contribution >= 0.6 is 0 Å². The highest BCUT2D eigenvalue weighted by molar-refractivity contribution is 5.98. The molecule has 5 nitrogen and oxygen atoms in total. The molecule has 4 rings (SSSR count). The van der Waals surface area contributed by atoms with Crippen LogP contribution in [0.25, 0.3) is 21.9 Å². The van der Waals surface area contributed by atoms with Gasteiger partial charge >= 0.3 is 0 Å². The summed E-state index contributed by atoms with van der Waals surface area (Å²) < 4.78 is 2.01. The summed E-state index contributed by atoms with van der Waals surface area (Å²) in [6, 6.07) is 15.6. The van der Waals surface area contributed by atoms with Gasteiger partial charge in [-0.1, -0.05) is 18.2 Å². The van der Waals surface area contributed by atoms with E-state index in [1.54, 1.807) is 0 Å². The van der Waals surface area contributed by atoms with Gasteiger partial charge in [0.2, 0.25) is 0 Å². The van der Waals surface area contributed by atoms with E-state index in [1.165, 1.54) is 0 Å². The lowest BCUT2D eigenvalue weighted by Gasteiger charge is -2.04. The molecule has 2 N–H and O–H groups in total. The number of nitrogens with one attached hydrogen (secondary N) is 2. The third-order valence-electron chi connectivity index (χ3n) is 4.01. The number of aromatic nitrogens is 3. The maximum absolute atomic E-state index is 12.3. The van der Waals surface area contributed by atoms with Gasteiger partial charge in [0.15, 0.2) is 0 Å². The molecule has 0 aliphatic heterocycles. The smallest absolute Gasteiger partial charge is 0.251 e. The molecule has 0 unspecified atom stereocenters. The molecule has 0 atom stereocenters. The van der Waals surface area contributed by atoms with Crippen LogP contribution in [0.3, 0.4) is 0 Å². The Labute approximate surface area is 133 Å². The molecule has 0 aliphatic carbocycles. The molecule has 2 aromatic carbocycles. The number of nitrogens with zero attached hydrogens (tertiary/aromatic N) is 2. The van der Waals surface area contributed by atoms with Crippen molar-refractivity contribution in [3.05, 3.63) is 66.1 Å². The Morgan fingerprint density at radius 3 is 2.96 bits per heavy atom. The minimum absolute atomic E-state index is 0.103. The number of hydrogen-bond acceptors (Lipinski definition) is 2. The number of para-hydroxylation sites is 2. The van der Waals surface area contributed by atoms with Crippen LogP contribution in [0.15, 0.2) is 54.7 Å². The number of imidazole rings is 1. The fourth-order valence-electron chi connectivity index (χ4n) is 2.76. The third kappa shape index (κ3) is 2.46. The van der Waals surface area contributed by atoms with Gasteiger partial charge in [-0.3, -0.25) is 4.79 Å². The minimum Gasteiger partial charge on any atom is -0.351 e. The fraction of sp³-hybridized carbons (Fsp3) is 0.111. The average Bonchev–Trinajstić information content (AvgIpc) is 3.16. The second-order valence-electron chi connectivity index (χ2n) is 5.58. The van der Waals surface area contributed by atoms with Crippen molar-refractivity contribution in [2.75, 3.05) is 0 Å². The summed E-state index contributed by atoms with van der Waals surface area (Å²) in [5.74, 6) is 0.646. The summed E-state index contributed by atoms with van der Waals surface area (Å²) >= 11 is 0. The number of hydrogen-bond donors (Lipinski definition) is 2. The predicted molar refractivity (Wildman–Crippen MR) is 90.2 cm³/mol. The van der Waals surface area contributed by atoms with Crippen molar-refractivity contribution in [2.45, 2.75) is 6.54 Å². The zero-order valence-corrected chi connectivity index (χ0v) is 12.7. The predicted octanol–water partition coefficient (Wildman–Crippen LogP) is 2.98. The number of carbonyl (C=O) groups excluding carboxylic acids is 1. The molecule has 0 saturated carbocycles. The Kier molecular flexibility index (Phi) is 3.12. The Bertz CT molecular complexity index is 979. The van der Waals surface area contributed by atoms with E-state index in [0.717, 1.165) is 27.8 Å². The van der Waals surface area contributed by atoms with E-state index in [4.69, 9.17) is 0 Å². The van der Waals surface area contributed by atoms with Gasteiger partial charge in [0.1, 0.15) is 5.82 Å². The van der Waals surface area contributed by atoms with Crippen molar-refractivity contribution < 1.29 is 4.79 Å². The summed E-state index contributed by atoms with van der Waals surface area (Å²) in [6.07, 6.45) is 1.99. The van der Waals surface area contributed by atoms with E-state index in [9.17, 15) is 4.79 Å². The first-order valence-electron chi connectivity index (χ1n) is 7.47. The number of aryl methyl sites for hydroxylation is 1. The molecule has 0 bridgehead atoms. The largest absolute Gasteiger partial charge is 0.351 e. The van der Waals surface area contributed by atoms with Gasteiger partial charge < -0.3 is 14.9 Å². The fourth-order valence-corrected chi connectivity index (χ4v) is 2.76. The van der Waals surface area contributed by atoms with Crippen LogP contribution in [0.5, 0.6) is 0 Å². The lowest BCUT2D eigenvalue weighted by atomic mass is 10.1. The first kappa shape index (κ1) is 13.6. The van der Waals surface area contributed by atoms with Crippen molar-refractivity contribution in [3.63, 3.8) is 0 Å². The van der Waals surface area contributed by atoms with Gasteiger partial charge in [0.05, 0.1) is 17.6 Å². The van der Waals surface area contributed by atoms with Gasteiger partial charge in [-0.25, -0.2) is 4.98 Å². The van der Waals surface area contributed by atoms with Gasteiger partial charge in [0, 0.05) is 24.3 Å². The van der Waals surface area contributed by atoms with E-state index >= 15 is 0 Å². The molecule has 0 aliphatic rings. The molecule has 5 heteroatoms. The monoisotopic (exact) mass is 304 g/mol. The van der Waals surface area contributed by atoms with E-state index < -0.39 is 0 Å². The summed E-state index contributed by atoms with van der Waals surface area (Å²) in [7, 11) is 1.97. The molecule has 2 aromatic heterocycles. The maximum atomic E-state index is 12.3. The number of H-pyrrole nitrogens is 1. The lowest BCUT2D eigenvalue weighted by Crippen LogP contribution is -2.23. The summed E-state index contributed by atoms with van der Waals surface area (Å²) in [5, 5.41) is 4.04. The standard InChI is InChI=1S/C18H16N4O/c1-22-9-8-12-6-7-13(10-16(12)22)18(23)19-11-17-20-14-4-2-3-5-15(14)21-17/h2-10H,11H2,1H3,(H,19,23)(H,20,21). The van der Waals surface area contributed by atoms with Crippen LogP contribution in [0, 0.1) is 0 Å². The van der Waals surface area contributed by atoms with Crippen molar-refractivity contribution in [3.8, 4) is 0 Å². The zero-order chi connectivity index (χ0) is 15.8. The van der Waals surface area contributed by atoms with Crippen molar-refractivity contribution >= 4 is 27.8 Å². The number of benzene rings is 2. The first-order chi connectivity index (χ1) is 11.2. The second-order valence-corrected chi connectivity index (χ2v) is 5.58. The van der Waals surface area contributed by atoms with E-state index in [-0.39, 0.29) is 5.91 Å². The van der Waals surface area contributed by atoms with Crippen LogP contribution in [-0.4, -0.2) is 20.4 Å². The molecule has 2 heterocycles. The summed E-state index contributed by atoms with van der Waals surface area (Å²) in [4.78, 5) is 20.0. The van der Waals surface area contributed by atoms with Gasteiger partial charge in [-0.2, -0.15) is 0 Å². The molecule has 0 saturated heterocycles. The normalized spacial score (nSPS) is 11.2. The molecule has 1 amide bonds. The highest BCUT2D eigenvalue weighted by atomic mass is 16.1. The number of aromatic amines is 1. The van der Waals surface area contributed by atoms with Gasteiger partial charge in [-0.15, -0.1) is 0 Å². The molecular weight excluding hydrogens is 288 g/mol. The average molecular weight is 304 g/mol. The Balaban J connectivity index is 1.53. The van der Waals surface area contributed by atoms with E-state index in [2.05, 4.69) is 15.3 Å². The highest BCUT2D eigenvalue weighted by Crippen LogP contribution is 2.17. The minimum atomic E-state index is -0.103. The van der Waals surface area contributed by atoms with Crippen LogP contribution in [0.2, 0.25) is 0 Å². The van der Waals surface area contributed by atoms with E-state index in [0.29, 0.717) is 12.1 Å². The number of rotatable bonds is 3. The number of carbonyl (C=O) groups is 1. The van der Waals surface area contributed by atoms with Gasteiger partial charge in [-0.05, 0) is 35.7 Å². The van der Waals surface area contributed by atoms with Crippen molar-refractivity contribution in [1.82, 2.24) is 19.9 Å². The molecule has 0 radical (unpaired) electrons. The van der Waals surface area contributed by atoms with Crippen LogP contribution in [0.1, 0.15) is 16.2 Å². The quantitative estimate of drug-likeness (QED) is 0.611. The lowest BCUT2D eigenvalue weighted by molar-refractivity contribution is 0.0950. The Hall–Kier alpha value is -3.08. The third-order valence-corrected chi connectivity index (χ3v) is 4.01. The topological polar surface area (TPSA) is 62.7 Å². The van der Waals surface area contributed by atoms with Crippen LogP contribution < -0.4 is 5.32 Å². The highest BCUT2D eigenvalue weighted by Gasteiger charge is 2.09. The number of fused-ring (bicyclic) bond motifs is 2.